The van der Waals surface area contributed by atoms with Crippen molar-refractivity contribution in [1.82, 2.24) is 4.98 Å². The quantitative estimate of drug-likeness (QED) is 0.241. The molecule has 0 fully saturated rings. The van der Waals surface area contributed by atoms with Crippen LogP contribution >= 0.6 is 0 Å². The zero-order chi connectivity index (χ0) is 23.4. The van der Waals surface area contributed by atoms with Crippen LogP contribution in [-0.2, 0) is 0 Å². The summed E-state index contributed by atoms with van der Waals surface area (Å²) in [7, 11) is 0. The third kappa shape index (κ3) is 2.15. The van der Waals surface area contributed by atoms with E-state index in [9.17, 15) is 14.7 Å². The first-order valence-electron chi connectivity index (χ1n) is 11.5. The van der Waals surface area contributed by atoms with Gasteiger partial charge in [-0.1, -0.05) is 72.8 Å². The summed E-state index contributed by atoms with van der Waals surface area (Å²) >= 11 is 0. The van der Waals surface area contributed by atoms with Gasteiger partial charge in [0.15, 0.2) is 11.2 Å². The van der Waals surface area contributed by atoms with Crippen molar-refractivity contribution in [1.29, 1.82) is 0 Å². The van der Waals surface area contributed by atoms with Crippen LogP contribution in [0.2, 0.25) is 0 Å². The van der Waals surface area contributed by atoms with Gasteiger partial charge in [0.1, 0.15) is 5.76 Å². The summed E-state index contributed by atoms with van der Waals surface area (Å²) in [6, 6.07) is 26.4. The van der Waals surface area contributed by atoms with Crippen molar-refractivity contribution in [3.8, 4) is 0 Å². The van der Waals surface area contributed by atoms with Gasteiger partial charge < -0.3 is 5.11 Å². The van der Waals surface area contributed by atoms with E-state index in [1.807, 2.05) is 60.7 Å². The zero-order valence-corrected chi connectivity index (χ0v) is 18.3. The summed E-state index contributed by atoms with van der Waals surface area (Å²) < 4.78 is 0. The van der Waals surface area contributed by atoms with E-state index in [0.717, 1.165) is 37.8 Å². The highest BCUT2D eigenvalue weighted by Gasteiger charge is 2.27. The van der Waals surface area contributed by atoms with Crippen molar-refractivity contribution in [2.45, 2.75) is 0 Å². The van der Waals surface area contributed by atoms with Crippen LogP contribution in [0.3, 0.4) is 0 Å². The largest absolute Gasteiger partial charge is 0.507 e. The number of carbonyl (C=O) groups excluding carboxylic acids is 1. The van der Waals surface area contributed by atoms with Crippen LogP contribution in [0.1, 0.15) is 21.5 Å². The van der Waals surface area contributed by atoms with E-state index in [2.05, 4.69) is 6.07 Å². The number of rotatable bonds is 0. The number of aromatic nitrogens is 1. The first-order chi connectivity index (χ1) is 17.1. The smallest absolute Gasteiger partial charge is 0.196 e. The number of hydrogen-bond donors (Lipinski definition) is 1. The molecule has 6 aromatic carbocycles. The molecule has 1 aromatic heterocycles. The molecule has 7 aromatic rings. The molecule has 0 bridgehead atoms. The molecule has 0 amide bonds. The molecule has 4 nitrogen and oxygen atoms in total. The molecule has 0 saturated carbocycles. The highest BCUT2D eigenvalue weighted by molar-refractivity contribution is 6.32. The third-order valence-corrected chi connectivity index (χ3v) is 7.44. The Balaban J connectivity index is 1.63. The van der Waals surface area contributed by atoms with Gasteiger partial charge in [-0.3, -0.25) is 9.59 Å². The summed E-state index contributed by atoms with van der Waals surface area (Å²) in [6.07, 6.45) is 0. The summed E-state index contributed by atoms with van der Waals surface area (Å²) in [4.78, 5) is 31.9. The molecular weight excluding hydrogens is 434 g/mol. The molecule has 8 rings (SSSR count). The fourth-order valence-corrected chi connectivity index (χ4v) is 5.89. The molecule has 1 aliphatic rings. The lowest BCUT2D eigenvalue weighted by Gasteiger charge is -2.15. The Morgan fingerprint density at radius 2 is 1.29 bits per heavy atom. The Morgan fingerprint density at radius 1 is 0.571 bits per heavy atom. The van der Waals surface area contributed by atoms with E-state index in [1.54, 1.807) is 18.2 Å². The molecule has 1 heterocycles. The Bertz CT molecular complexity index is 2210. The molecule has 0 unspecified atom stereocenters. The number of aliphatic hydroxyl groups is 1. The maximum atomic E-state index is 13.6. The normalized spacial score (nSPS) is 13.4. The molecule has 4 heteroatoms. The van der Waals surface area contributed by atoms with Crippen molar-refractivity contribution in [3.05, 3.63) is 117 Å². The minimum absolute atomic E-state index is 0.0119. The van der Waals surface area contributed by atoms with Crippen LogP contribution in [0.5, 0.6) is 0 Å². The maximum Gasteiger partial charge on any atom is 0.196 e. The molecule has 0 spiro atoms. The van der Waals surface area contributed by atoms with Gasteiger partial charge >= 0.3 is 0 Å². The van der Waals surface area contributed by atoms with Gasteiger partial charge in [0.25, 0.3) is 0 Å². The number of nitrogens with zero attached hydrogens (tertiary/aromatic N) is 1. The topological polar surface area (TPSA) is 67.3 Å². The van der Waals surface area contributed by atoms with E-state index in [1.165, 1.54) is 0 Å². The van der Waals surface area contributed by atoms with Crippen LogP contribution in [0, 0.1) is 0 Å². The lowest BCUT2D eigenvalue weighted by atomic mass is 9.88. The van der Waals surface area contributed by atoms with Crippen molar-refractivity contribution < 1.29 is 9.90 Å². The van der Waals surface area contributed by atoms with Crippen LogP contribution in [0.25, 0.3) is 59.9 Å². The number of ketones is 1. The lowest BCUT2D eigenvalue weighted by molar-refractivity contribution is 0.103. The lowest BCUT2D eigenvalue weighted by Crippen LogP contribution is -2.25. The average molecular weight is 449 g/mol. The number of benzene rings is 6. The Labute approximate surface area is 197 Å². The maximum absolute atomic E-state index is 13.6. The second kappa shape index (κ2) is 6.19. The van der Waals surface area contributed by atoms with Gasteiger partial charge in [0.05, 0.1) is 16.6 Å². The molecule has 0 aliphatic heterocycles. The van der Waals surface area contributed by atoms with Gasteiger partial charge in [-0.2, -0.15) is 0 Å². The van der Waals surface area contributed by atoms with Crippen LogP contribution in [-0.4, -0.2) is 15.9 Å². The van der Waals surface area contributed by atoms with Gasteiger partial charge in [0.2, 0.25) is 0 Å². The Kier molecular flexibility index (Phi) is 3.28. The Morgan fingerprint density at radius 3 is 2.14 bits per heavy atom. The van der Waals surface area contributed by atoms with Crippen molar-refractivity contribution >= 4 is 65.7 Å². The second-order valence-electron chi connectivity index (χ2n) is 9.14. The molecule has 0 radical (unpaired) electrons. The summed E-state index contributed by atoms with van der Waals surface area (Å²) in [6.45, 7) is 0. The van der Waals surface area contributed by atoms with Crippen LogP contribution < -0.4 is 10.6 Å². The predicted molar refractivity (Wildman–Crippen MR) is 139 cm³/mol. The SMILES string of the molecule is O=C1c2ccccc2C(O)=c2ccc3c(nc4c3cc3c5ccccc5c(=O)c5cccc4c53)c21. The molecule has 0 saturated heterocycles. The number of carbonyl (C=O) groups is 1. The second-order valence-corrected chi connectivity index (χ2v) is 9.14. The van der Waals surface area contributed by atoms with Crippen molar-refractivity contribution in [3.63, 3.8) is 0 Å². The van der Waals surface area contributed by atoms with E-state index < -0.39 is 0 Å². The first kappa shape index (κ1) is 18.6. The molecule has 1 aliphatic carbocycles. The summed E-state index contributed by atoms with van der Waals surface area (Å²) in [5, 5.41) is 18.3. The number of aliphatic hydroxyl groups excluding tert-OH is 1. The van der Waals surface area contributed by atoms with E-state index in [0.29, 0.717) is 38.2 Å². The van der Waals surface area contributed by atoms with Gasteiger partial charge in [-0.15, -0.1) is 0 Å². The number of fused-ring (bicyclic) bond motifs is 9. The van der Waals surface area contributed by atoms with E-state index in [-0.39, 0.29) is 17.0 Å². The van der Waals surface area contributed by atoms with Crippen molar-refractivity contribution in [2.24, 2.45) is 0 Å². The monoisotopic (exact) mass is 449 g/mol. The third-order valence-electron chi connectivity index (χ3n) is 7.44. The Hall–Kier alpha value is -4.83. The standard InChI is InChI=1S/C31H15NO3/c33-29-17-7-2-1-6-15(17)23-14-24-16-12-13-22-26(31(35)19-9-4-3-8-18(19)30(22)34)28(16)32-27(24)20-10-5-11-21(29)25(20)23/h1-14,34H. The summed E-state index contributed by atoms with van der Waals surface area (Å²) in [5.74, 6) is -0.0497. The van der Waals surface area contributed by atoms with E-state index >= 15 is 0 Å². The van der Waals surface area contributed by atoms with Crippen LogP contribution in [0.4, 0.5) is 0 Å². The highest BCUT2D eigenvalue weighted by atomic mass is 16.3. The molecule has 162 valence electrons. The fraction of sp³-hybridized carbons (Fsp3) is 0. The molecule has 0 atom stereocenters. The predicted octanol–water partition coefficient (Wildman–Crippen LogP) is 5.62. The minimum atomic E-state index is -0.142. The average Bonchev–Trinajstić information content (AvgIpc) is 3.28. The van der Waals surface area contributed by atoms with Gasteiger partial charge in [-0.05, 0) is 22.9 Å². The summed E-state index contributed by atoms with van der Waals surface area (Å²) in [5.41, 5.74) is 2.78. The van der Waals surface area contributed by atoms with Gasteiger partial charge in [0, 0.05) is 48.7 Å². The highest BCUT2D eigenvalue weighted by Crippen LogP contribution is 2.39. The van der Waals surface area contributed by atoms with Crippen LogP contribution in [0.15, 0.2) is 89.7 Å². The number of hydrogen-bond acceptors (Lipinski definition) is 4. The zero-order valence-electron chi connectivity index (χ0n) is 18.3. The minimum Gasteiger partial charge on any atom is -0.507 e. The first-order valence-corrected chi connectivity index (χ1v) is 11.5. The van der Waals surface area contributed by atoms with E-state index in [4.69, 9.17) is 4.98 Å². The molecule has 35 heavy (non-hydrogen) atoms. The van der Waals surface area contributed by atoms with Crippen molar-refractivity contribution in [2.75, 3.05) is 0 Å². The molecular formula is C31H15NO3. The fourth-order valence-electron chi connectivity index (χ4n) is 5.89. The van der Waals surface area contributed by atoms with Gasteiger partial charge in [-0.25, -0.2) is 4.98 Å². The molecule has 1 N–H and O–H groups in total.